The Morgan fingerprint density at radius 2 is 1.83 bits per heavy atom. The topological polar surface area (TPSA) is 61.9 Å². The second kappa shape index (κ2) is 6.81. The predicted molar refractivity (Wildman–Crippen MR) is 113 cm³/mol. The van der Waals surface area contributed by atoms with Crippen LogP contribution in [0.1, 0.15) is 16.7 Å². The first-order valence-corrected chi connectivity index (χ1v) is 9.96. The molecule has 0 aromatic heterocycles. The fourth-order valence-electron chi connectivity index (χ4n) is 4.46. The highest BCUT2D eigenvalue weighted by atomic mass is 19.1. The Kier molecular flexibility index (Phi) is 4.24. The van der Waals surface area contributed by atoms with Crippen LogP contribution in [-0.4, -0.2) is 49.6 Å². The van der Waals surface area contributed by atoms with Gasteiger partial charge in [0.05, 0.1) is 22.7 Å². The Morgan fingerprint density at radius 3 is 2.62 bits per heavy atom. The van der Waals surface area contributed by atoms with Crippen molar-refractivity contribution < 1.29 is 9.18 Å². The molecule has 5 nitrogen and oxygen atoms in total. The van der Waals surface area contributed by atoms with Crippen LogP contribution in [0.5, 0.6) is 0 Å². The molecule has 0 amide bonds. The van der Waals surface area contributed by atoms with E-state index in [1.54, 1.807) is 12.1 Å². The molecule has 2 heterocycles. The minimum atomic E-state index is -0.390. The second-order valence-corrected chi connectivity index (χ2v) is 8.00. The third-order valence-corrected chi connectivity index (χ3v) is 6.10. The molecule has 148 valence electrons. The van der Waals surface area contributed by atoms with Crippen LogP contribution >= 0.6 is 0 Å². The number of nitrogens with zero attached hydrogens (tertiary/aromatic N) is 3. The molecule has 0 unspecified atom stereocenters. The lowest BCUT2D eigenvalue weighted by atomic mass is 9.85. The van der Waals surface area contributed by atoms with Gasteiger partial charge >= 0.3 is 0 Å². The molecule has 0 atom stereocenters. The van der Waals surface area contributed by atoms with Gasteiger partial charge < -0.3 is 15.5 Å². The summed E-state index contributed by atoms with van der Waals surface area (Å²) in [6.07, 6.45) is 0.702. The van der Waals surface area contributed by atoms with E-state index >= 15 is 0 Å². The first-order chi connectivity index (χ1) is 14.0. The van der Waals surface area contributed by atoms with Crippen molar-refractivity contribution in [2.75, 3.05) is 38.1 Å². The van der Waals surface area contributed by atoms with Gasteiger partial charge in [-0.15, -0.1) is 0 Å². The molecule has 6 heteroatoms. The fourth-order valence-corrected chi connectivity index (χ4v) is 4.46. The number of hydrogen-bond donors (Lipinski definition) is 1. The van der Waals surface area contributed by atoms with Crippen LogP contribution in [-0.2, 0) is 17.6 Å². The van der Waals surface area contributed by atoms with Crippen molar-refractivity contribution in [3.63, 3.8) is 0 Å². The van der Waals surface area contributed by atoms with E-state index in [1.165, 1.54) is 11.8 Å². The van der Waals surface area contributed by atoms with Gasteiger partial charge in [-0.2, -0.15) is 0 Å². The molecule has 2 aromatic carbocycles. The summed E-state index contributed by atoms with van der Waals surface area (Å²) in [5, 5.41) is 0. The van der Waals surface area contributed by atoms with Gasteiger partial charge in [0.1, 0.15) is 5.82 Å². The van der Waals surface area contributed by atoms with Gasteiger partial charge in [0, 0.05) is 50.3 Å². The van der Waals surface area contributed by atoms with Crippen LogP contribution in [0.2, 0.25) is 0 Å². The zero-order valence-corrected chi connectivity index (χ0v) is 16.4. The number of fused-ring (bicyclic) bond motifs is 2. The van der Waals surface area contributed by atoms with Gasteiger partial charge in [-0.25, -0.2) is 4.39 Å². The predicted octanol–water partition coefficient (Wildman–Crippen LogP) is 2.70. The summed E-state index contributed by atoms with van der Waals surface area (Å²) in [5.41, 5.74) is 11.6. The highest BCUT2D eigenvalue weighted by molar-refractivity contribution is 6.30. The number of piperazine rings is 1. The number of likely N-dealkylation sites (N-methyl/N-ethyl adjacent to an activating group) is 1. The van der Waals surface area contributed by atoms with Crippen LogP contribution in [0.25, 0.3) is 5.70 Å². The molecule has 2 aromatic rings. The van der Waals surface area contributed by atoms with Gasteiger partial charge in [0.25, 0.3) is 0 Å². The maximum absolute atomic E-state index is 14.4. The molecule has 2 N–H and O–H groups in total. The summed E-state index contributed by atoms with van der Waals surface area (Å²) >= 11 is 0. The molecule has 1 fully saturated rings. The number of benzene rings is 2. The average molecular weight is 390 g/mol. The SMILES string of the molecule is CN1CCN(c2ccc3c(c2)CC(C2=C(N)c4c(F)cccc4CC2=O)=N3)CC1. The normalized spacial score (nSPS) is 19.3. The zero-order valence-electron chi connectivity index (χ0n) is 16.4. The number of anilines is 1. The van der Waals surface area contributed by atoms with Gasteiger partial charge in [-0.3, -0.25) is 9.79 Å². The van der Waals surface area contributed by atoms with Crippen molar-refractivity contribution in [3.05, 3.63) is 64.5 Å². The molecular formula is C23H23FN4O. The highest BCUT2D eigenvalue weighted by Gasteiger charge is 2.31. The number of ketones is 1. The van der Waals surface area contributed by atoms with Crippen LogP contribution < -0.4 is 10.6 Å². The van der Waals surface area contributed by atoms with Gasteiger partial charge in [-0.05, 0) is 42.4 Å². The van der Waals surface area contributed by atoms with Gasteiger partial charge in [-0.1, -0.05) is 12.1 Å². The largest absolute Gasteiger partial charge is 0.398 e. The van der Waals surface area contributed by atoms with E-state index in [9.17, 15) is 9.18 Å². The molecular weight excluding hydrogens is 367 g/mol. The molecule has 0 spiro atoms. The summed E-state index contributed by atoms with van der Waals surface area (Å²) in [4.78, 5) is 22.2. The second-order valence-electron chi connectivity index (χ2n) is 8.00. The quantitative estimate of drug-likeness (QED) is 0.857. The zero-order chi connectivity index (χ0) is 20.1. The molecule has 5 rings (SSSR count). The Hall–Kier alpha value is -2.99. The van der Waals surface area contributed by atoms with E-state index in [0.29, 0.717) is 28.8 Å². The minimum absolute atomic E-state index is 0.0913. The molecule has 29 heavy (non-hydrogen) atoms. The third-order valence-electron chi connectivity index (χ3n) is 6.10. The number of Topliss-reactive ketones (excluding diaryl/α,β-unsaturated/α-hetero) is 1. The summed E-state index contributed by atoms with van der Waals surface area (Å²) in [5.74, 6) is -0.482. The van der Waals surface area contributed by atoms with Crippen molar-refractivity contribution in [1.82, 2.24) is 4.90 Å². The molecule has 1 aliphatic carbocycles. The van der Waals surface area contributed by atoms with Gasteiger partial charge in [0.15, 0.2) is 5.78 Å². The minimum Gasteiger partial charge on any atom is -0.398 e. The lowest BCUT2D eigenvalue weighted by molar-refractivity contribution is -0.114. The lowest BCUT2D eigenvalue weighted by Gasteiger charge is -2.34. The number of allylic oxidation sites excluding steroid dienone is 1. The lowest BCUT2D eigenvalue weighted by Crippen LogP contribution is -2.44. The Labute approximate surface area is 169 Å². The van der Waals surface area contributed by atoms with Crippen LogP contribution in [0.3, 0.4) is 0 Å². The fraction of sp³-hybridized carbons (Fsp3) is 0.304. The summed E-state index contributed by atoms with van der Waals surface area (Å²) in [7, 11) is 2.14. The maximum Gasteiger partial charge on any atom is 0.171 e. The van der Waals surface area contributed by atoms with E-state index in [-0.39, 0.29) is 17.9 Å². The Bertz CT molecular complexity index is 1080. The number of carbonyl (C=O) groups excluding carboxylic acids is 1. The van der Waals surface area contributed by atoms with Gasteiger partial charge in [0.2, 0.25) is 0 Å². The van der Waals surface area contributed by atoms with Crippen molar-refractivity contribution in [2.45, 2.75) is 12.8 Å². The molecule has 0 radical (unpaired) electrons. The van der Waals surface area contributed by atoms with E-state index in [4.69, 9.17) is 5.73 Å². The Balaban J connectivity index is 1.46. The molecule has 2 aliphatic heterocycles. The van der Waals surface area contributed by atoms with Crippen molar-refractivity contribution >= 4 is 28.6 Å². The highest BCUT2D eigenvalue weighted by Crippen LogP contribution is 2.36. The van der Waals surface area contributed by atoms with E-state index in [1.807, 2.05) is 6.07 Å². The first-order valence-electron chi connectivity index (χ1n) is 9.96. The van der Waals surface area contributed by atoms with Crippen LogP contribution in [0, 0.1) is 5.82 Å². The van der Waals surface area contributed by atoms with E-state index in [0.717, 1.165) is 37.4 Å². The number of carbonyl (C=O) groups is 1. The Morgan fingerprint density at radius 1 is 1.03 bits per heavy atom. The average Bonchev–Trinajstić information content (AvgIpc) is 3.11. The van der Waals surface area contributed by atoms with Crippen molar-refractivity contribution in [3.8, 4) is 0 Å². The number of rotatable bonds is 2. The monoisotopic (exact) mass is 390 g/mol. The van der Waals surface area contributed by atoms with E-state index < -0.39 is 5.82 Å². The number of hydrogen-bond acceptors (Lipinski definition) is 5. The number of nitrogens with two attached hydrogens (primary N) is 1. The first kappa shape index (κ1) is 18.1. The van der Waals surface area contributed by atoms with Crippen LogP contribution in [0.15, 0.2) is 47.0 Å². The maximum atomic E-state index is 14.4. The molecule has 0 saturated carbocycles. The number of aliphatic imine (C=N–C) groups is 1. The van der Waals surface area contributed by atoms with Crippen LogP contribution in [0.4, 0.5) is 15.8 Å². The molecule has 1 saturated heterocycles. The van der Waals surface area contributed by atoms with Crippen molar-refractivity contribution in [2.24, 2.45) is 10.7 Å². The summed E-state index contributed by atoms with van der Waals surface area (Å²) in [6.45, 7) is 4.08. The van der Waals surface area contributed by atoms with E-state index in [2.05, 4.69) is 34.0 Å². The van der Waals surface area contributed by atoms with Crippen molar-refractivity contribution in [1.29, 1.82) is 0 Å². The smallest absolute Gasteiger partial charge is 0.171 e. The number of halogens is 1. The summed E-state index contributed by atoms with van der Waals surface area (Å²) in [6, 6.07) is 11.0. The molecule has 0 bridgehead atoms. The third kappa shape index (κ3) is 3.04. The summed E-state index contributed by atoms with van der Waals surface area (Å²) < 4.78 is 14.4. The molecule has 3 aliphatic rings. The standard InChI is InChI=1S/C23H23FN4O/c1-27-7-9-28(10-8-27)16-5-6-18-15(11-16)12-19(26-18)22-20(29)13-14-3-2-4-17(24)21(14)23(22)25/h2-6,11H,7-10,12-13,25H2,1H3.